The number of ether oxygens (including phenoxy) is 1. The molecule has 0 radical (unpaired) electrons. The highest BCUT2D eigenvalue weighted by Crippen LogP contribution is 2.41. The van der Waals surface area contributed by atoms with Gasteiger partial charge in [-0.25, -0.2) is 13.1 Å². The van der Waals surface area contributed by atoms with Crippen LogP contribution in [0.15, 0.2) is 10.6 Å². The van der Waals surface area contributed by atoms with E-state index >= 15 is 0 Å². The number of hydrogen-bond donors (Lipinski definition) is 1. The molecule has 2 saturated heterocycles. The van der Waals surface area contributed by atoms with Crippen LogP contribution in [0, 0.1) is 12.8 Å². The molecule has 2 aliphatic heterocycles. The number of nitrogens with one attached hydrogen (secondary N) is 1. The minimum Gasteiger partial charge on any atom is -0.371 e. The van der Waals surface area contributed by atoms with E-state index in [9.17, 15) is 13.2 Å². The Morgan fingerprint density at radius 3 is 2.87 bits per heavy atom. The number of carbonyl (C=O) groups excluding carboxylic acids is 1. The summed E-state index contributed by atoms with van der Waals surface area (Å²) in [5.74, 6) is 0.696. The smallest absolute Gasteiger partial charge is 0.276 e. The number of hydrogen-bond acceptors (Lipinski definition) is 6. The van der Waals surface area contributed by atoms with Crippen LogP contribution in [-0.2, 0) is 14.8 Å². The molecule has 0 saturated carbocycles. The highest BCUT2D eigenvalue weighted by atomic mass is 32.2. The van der Waals surface area contributed by atoms with Gasteiger partial charge in [0.1, 0.15) is 11.4 Å². The molecule has 1 spiro atoms. The first-order valence-electron chi connectivity index (χ1n) is 7.60. The molecule has 8 nitrogen and oxygen atoms in total. The summed E-state index contributed by atoms with van der Waals surface area (Å²) in [4.78, 5) is 14.0. The second-order valence-electron chi connectivity index (χ2n) is 6.34. The molecule has 2 fully saturated rings. The Bertz CT molecular complexity index is 693. The number of sulfonamides is 1. The highest BCUT2D eigenvalue weighted by Gasteiger charge is 2.54. The van der Waals surface area contributed by atoms with Crippen LogP contribution in [0.1, 0.15) is 29.1 Å². The molecule has 1 aromatic rings. The van der Waals surface area contributed by atoms with Crippen LogP contribution in [0.4, 0.5) is 0 Å². The van der Waals surface area contributed by atoms with E-state index in [4.69, 9.17) is 9.26 Å². The summed E-state index contributed by atoms with van der Waals surface area (Å²) in [6.45, 7) is 3.81. The van der Waals surface area contributed by atoms with Gasteiger partial charge < -0.3 is 14.2 Å². The predicted molar refractivity (Wildman–Crippen MR) is 81.4 cm³/mol. The number of aromatic nitrogens is 1. The zero-order valence-corrected chi connectivity index (χ0v) is 14.1. The van der Waals surface area contributed by atoms with Gasteiger partial charge in [-0.3, -0.25) is 4.79 Å². The van der Waals surface area contributed by atoms with Crippen LogP contribution in [-0.4, -0.2) is 62.5 Å². The minimum absolute atomic E-state index is 0.156. The molecular weight excluding hydrogens is 322 g/mol. The average molecular weight is 343 g/mol. The third kappa shape index (κ3) is 3.41. The second-order valence-corrected chi connectivity index (χ2v) is 8.17. The Morgan fingerprint density at radius 1 is 1.52 bits per heavy atom. The van der Waals surface area contributed by atoms with Gasteiger partial charge in [0.05, 0.1) is 19.3 Å². The van der Waals surface area contributed by atoms with Gasteiger partial charge in [0.15, 0.2) is 5.69 Å². The molecule has 1 aromatic heterocycles. The first-order chi connectivity index (χ1) is 10.8. The van der Waals surface area contributed by atoms with Gasteiger partial charge in [-0.1, -0.05) is 5.16 Å². The summed E-state index contributed by atoms with van der Waals surface area (Å²) in [6.07, 6.45) is 2.74. The lowest BCUT2D eigenvalue weighted by Gasteiger charge is -2.50. The van der Waals surface area contributed by atoms with Crippen molar-refractivity contribution < 1.29 is 22.5 Å². The highest BCUT2D eigenvalue weighted by molar-refractivity contribution is 7.88. The average Bonchev–Trinajstić information content (AvgIpc) is 3.01. The van der Waals surface area contributed by atoms with E-state index in [1.165, 1.54) is 0 Å². The Morgan fingerprint density at radius 2 is 2.26 bits per heavy atom. The van der Waals surface area contributed by atoms with Crippen molar-refractivity contribution in [1.82, 2.24) is 14.8 Å². The monoisotopic (exact) mass is 343 g/mol. The van der Waals surface area contributed by atoms with Gasteiger partial charge in [0, 0.05) is 19.2 Å². The molecule has 0 aliphatic carbocycles. The van der Waals surface area contributed by atoms with Crippen molar-refractivity contribution >= 4 is 15.9 Å². The van der Waals surface area contributed by atoms with E-state index in [1.54, 1.807) is 17.9 Å². The third-order valence-corrected chi connectivity index (χ3v) is 5.24. The molecule has 1 amide bonds. The first-order valence-corrected chi connectivity index (χ1v) is 9.49. The molecule has 1 N–H and O–H groups in total. The molecule has 0 aromatic carbocycles. The quantitative estimate of drug-likeness (QED) is 0.817. The lowest BCUT2D eigenvalue weighted by molar-refractivity contribution is -0.118. The van der Waals surface area contributed by atoms with Gasteiger partial charge in [-0.15, -0.1) is 0 Å². The maximum atomic E-state index is 12.3. The Balaban J connectivity index is 1.56. The summed E-state index contributed by atoms with van der Waals surface area (Å²) in [7, 11) is -3.17. The molecule has 3 rings (SSSR count). The molecule has 0 bridgehead atoms. The third-order valence-electron chi connectivity index (χ3n) is 4.51. The fourth-order valence-electron chi connectivity index (χ4n) is 3.33. The summed E-state index contributed by atoms with van der Waals surface area (Å²) in [6, 6.07) is 1.62. The van der Waals surface area contributed by atoms with Crippen LogP contribution < -0.4 is 4.72 Å². The molecular formula is C14H21N3O5S. The number of carbonyl (C=O) groups is 1. The Kier molecular flexibility index (Phi) is 4.19. The number of rotatable bonds is 5. The summed E-state index contributed by atoms with van der Waals surface area (Å²) >= 11 is 0. The van der Waals surface area contributed by atoms with E-state index in [1.807, 2.05) is 0 Å². The normalized spacial score (nSPS) is 23.2. The van der Waals surface area contributed by atoms with E-state index in [0.717, 1.165) is 12.7 Å². The Labute approximate surface area is 135 Å². The second kappa shape index (κ2) is 5.88. The van der Waals surface area contributed by atoms with Crippen LogP contribution >= 0.6 is 0 Å². The summed E-state index contributed by atoms with van der Waals surface area (Å²) in [5, 5.41) is 3.75. The van der Waals surface area contributed by atoms with E-state index in [-0.39, 0.29) is 17.4 Å². The summed E-state index contributed by atoms with van der Waals surface area (Å²) < 4.78 is 35.6. The van der Waals surface area contributed by atoms with Crippen molar-refractivity contribution in [3.05, 3.63) is 17.5 Å². The van der Waals surface area contributed by atoms with E-state index < -0.39 is 10.0 Å². The molecule has 9 heteroatoms. The first kappa shape index (κ1) is 16.4. The SMILES string of the molecule is Cc1cc(C(=O)N2CC3(C2)OCC[C@@H]3CCNS(C)(=O)=O)no1. The molecule has 3 heterocycles. The van der Waals surface area contributed by atoms with E-state index in [0.29, 0.717) is 44.1 Å². The van der Waals surface area contributed by atoms with Crippen LogP contribution in [0.5, 0.6) is 0 Å². The van der Waals surface area contributed by atoms with Crippen molar-refractivity contribution in [2.45, 2.75) is 25.4 Å². The molecule has 23 heavy (non-hydrogen) atoms. The maximum absolute atomic E-state index is 12.3. The van der Waals surface area contributed by atoms with Gasteiger partial charge in [-0.05, 0) is 25.7 Å². The van der Waals surface area contributed by atoms with Crippen LogP contribution in [0.3, 0.4) is 0 Å². The lowest BCUT2D eigenvalue weighted by Crippen LogP contribution is -2.66. The van der Waals surface area contributed by atoms with Gasteiger partial charge in [0.2, 0.25) is 10.0 Å². The van der Waals surface area contributed by atoms with Crippen molar-refractivity contribution in [1.29, 1.82) is 0 Å². The Hall–Kier alpha value is -1.45. The van der Waals surface area contributed by atoms with Crippen molar-refractivity contribution in [3.8, 4) is 0 Å². The van der Waals surface area contributed by atoms with Crippen LogP contribution in [0.25, 0.3) is 0 Å². The zero-order chi connectivity index (χ0) is 16.7. The number of likely N-dealkylation sites (tertiary alicyclic amines) is 1. The van der Waals surface area contributed by atoms with E-state index in [2.05, 4.69) is 9.88 Å². The fourth-order valence-corrected chi connectivity index (χ4v) is 3.82. The zero-order valence-electron chi connectivity index (χ0n) is 13.2. The molecule has 2 aliphatic rings. The molecule has 1 atom stereocenters. The molecule has 128 valence electrons. The van der Waals surface area contributed by atoms with Gasteiger partial charge in [-0.2, -0.15) is 0 Å². The topological polar surface area (TPSA) is 102 Å². The standard InChI is InChI=1S/C14H21N3O5S/c1-10-7-12(16-22-10)13(18)17-8-14(9-17)11(4-6-21-14)3-5-15-23(2,19)20/h7,11,15H,3-6,8-9H2,1-2H3/t11-/m0/s1. The maximum Gasteiger partial charge on any atom is 0.276 e. The molecule has 0 unspecified atom stereocenters. The summed E-state index contributed by atoms with van der Waals surface area (Å²) in [5.41, 5.74) is -0.0289. The number of nitrogens with zero attached hydrogens (tertiary/aromatic N) is 2. The largest absolute Gasteiger partial charge is 0.371 e. The van der Waals surface area contributed by atoms with Gasteiger partial charge >= 0.3 is 0 Å². The minimum atomic E-state index is -3.17. The van der Waals surface area contributed by atoms with Crippen molar-refractivity contribution in [3.63, 3.8) is 0 Å². The predicted octanol–water partition coefficient (Wildman–Crippen LogP) is 0.153. The lowest BCUT2D eigenvalue weighted by atomic mass is 9.79. The van der Waals surface area contributed by atoms with Crippen molar-refractivity contribution in [2.24, 2.45) is 5.92 Å². The van der Waals surface area contributed by atoms with Gasteiger partial charge in [0.25, 0.3) is 5.91 Å². The van der Waals surface area contributed by atoms with Crippen molar-refractivity contribution in [2.75, 3.05) is 32.5 Å². The fraction of sp³-hybridized carbons (Fsp3) is 0.714. The number of amides is 1. The number of aryl methyl sites for hydroxylation is 1. The van der Waals surface area contributed by atoms with Crippen LogP contribution in [0.2, 0.25) is 0 Å².